The Labute approximate surface area is 244 Å². The molecule has 0 saturated carbocycles. The molecule has 192 valence electrons. The van der Waals surface area contributed by atoms with Crippen LogP contribution < -0.4 is 4.90 Å². The van der Waals surface area contributed by atoms with E-state index in [1.54, 1.807) is 0 Å². The maximum Gasteiger partial charge on any atom is 0.162 e. The van der Waals surface area contributed by atoms with E-state index in [4.69, 9.17) is 0 Å². The molecule has 40 heavy (non-hydrogen) atoms. The maximum absolute atomic E-state index is 3.97. The van der Waals surface area contributed by atoms with Crippen molar-refractivity contribution < 1.29 is 0 Å². The molecular formula is C38H29BrN+. The summed E-state index contributed by atoms with van der Waals surface area (Å²) >= 11 is 3.97. The van der Waals surface area contributed by atoms with Gasteiger partial charge in [0.25, 0.3) is 0 Å². The monoisotopic (exact) mass is 578 g/mol. The first-order chi connectivity index (χ1) is 19.3. The van der Waals surface area contributed by atoms with Crippen molar-refractivity contribution in [3.8, 4) is 11.1 Å². The zero-order valence-electron chi connectivity index (χ0n) is 23.1. The summed E-state index contributed by atoms with van der Waals surface area (Å²) in [7, 11) is 0. The van der Waals surface area contributed by atoms with Crippen LogP contribution in [-0.4, -0.2) is 0 Å². The summed E-state index contributed by atoms with van der Waals surface area (Å²) in [5, 5.41) is 4.91. The molecule has 0 unspecified atom stereocenters. The van der Waals surface area contributed by atoms with Gasteiger partial charge in [-0.15, -0.1) is 0 Å². The fraction of sp³-hybridized carbons (Fsp3) is 0.158. The van der Waals surface area contributed by atoms with Crippen molar-refractivity contribution >= 4 is 48.8 Å². The van der Waals surface area contributed by atoms with E-state index in [1.165, 1.54) is 72.0 Å². The first-order valence-corrected chi connectivity index (χ1v) is 14.8. The smallest absolute Gasteiger partial charge is 0.162 e. The largest absolute Gasteiger partial charge is 0.255 e. The first-order valence-electron chi connectivity index (χ1n) is 14.0. The second-order valence-corrected chi connectivity index (χ2v) is 13.0. The average molecular weight is 580 g/mol. The van der Waals surface area contributed by atoms with Crippen molar-refractivity contribution in [1.82, 2.24) is 0 Å². The molecule has 3 aliphatic rings. The number of halogens is 1. The predicted molar refractivity (Wildman–Crippen MR) is 172 cm³/mol. The van der Waals surface area contributed by atoms with Crippen molar-refractivity contribution in [3.63, 3.8) is 0 Å². The lowest BCUT2D eigenvalue weighted by molar-refractivity contribution is 0.617. The van der Waals surface area contributed by atoms with Gasteiger partial charge in [-0.25, -0.2) is 0 Å². The number of benzene rings is 5. The predicted octanol–water partition coefficient (Wildman–Crippen LogP) is 10.7. The Kier molecular flexibility index (Phi) is 4.80. The van der Waals surface area contributed by atoms with Crippen LogP contribution in [0.5, 0.6) is 0 Å². The van der Waals surface area contributed by atoms with E-state index >= 15 is 0 Å². The molecule has 1 heterocycles. The molecule has 0 bridgehead atoms. The summed E-state index contributed by atoms with van der Waals surface area (Å²) in [6.07, 6.45) is 9.93. The minimum atomic E-state index is -0.173. The van der Waals surface area contributed by atoms with Crippen LogP contribution in [0.15, 0.2) is 119 Å². The molecule has 0 spiro atoms. The standard InChI is InChI=1S/C38H29BrN/c1-37(2)29-18-10-9-13-23(29)28-21-32-34(22-31(28)37)40(33-20-12-11-19-30(33)38(32,3)4)36-26-16-7-5-14-24(26)35(39)25-15-6-8-17-27(25)36/h5-11,13-22H,1-4H3/q+1. The normalized spacial score (nSPS) is 17.5. The van der Waals surface area contributed by atoms with Crippen molar-refractivity contribution in [2.75, 3.05) is 4.90 Å². The van der Waals surface area contributed by atoms with Gasteiger partial charge in [-0.05, 0) is 80.5 Å². The minimum Gasteiger partial charge on any atom is -0.255 e. The van der Waals surface area contributed by atoms with Crippen LogP contribution in [0.3, 0.4) is 0 Å². The molecule has 0 atom stereocenters. The van der Waals surface area contributed by atoms with E-state index in [1.807, 2.05) is 0 Å². The molecule has 5 aromatic carbocycles. The van der Waals surface area contributed by atoms with Gasteiger partial charge in [-0.3, -0.25) is 4.90 Å². The van der Waals surface area contributed by atoms with E-state index < -0.39 is 0 Å². The van der Waals surface area contributed by atoms with Crippen molar-refractivity contribution in [2.24, 2.45) is 0 Å². The Balaban J connectivity index is 1.54. The van der Waals surface area contributed by atoms with Crippen LogP contribution in [0.1, 0.15) is 44.4 Å². The molecule has 0 saturated heterocycles. The van der Waals surface area contributed by atoms with Gasteiger partial charge < -0.3 is 0 Å². The molecule has 0 N–H and O–H groups in total. The van der Waals surface area contributed by atoms with Crippen LogP contribution in [0.25, 0.3) is 32.7 Å². The second kappa shape index (κ2) is 8.04. The van der Waals surface area contributed by atoms with Gasteiger partial charge in [-0.1, -0.05) is 86.6 Å². The van der Waals surface area contributed by atoms with Gasteiger partial charge in [0.15, 0.2) is 5.70 Å². The van der Waals surface area contributed by atoms with Crippen LogP contribution in [0, 0.1) is 6.08 Å². The summed E-state index contributed by atoms with van der Waals surface area (Å²) in [6, 6.07) is 31.5. The van der Waals surface area contributed by atoms with Gasteiger partial charge in [0.05, 0.1) is 23.0 Å². The number of fused-ring (bicyclic) bond motifs is 6. The fourth-order valence-corrected chi connectivity index (χ4v) is 8.06. The molecule has 0 amide bonds. The van der Waals surface area contributed by atoms with Gasteiger partial charge in [0.2, 0.25) is 0 Å². The second-order valence-electron chi connectivity index (χ2n) is 12.2. The molecule has 8 rings (SSSR count). The molecule has 2 aliphatic carbocycles. The van der Waals surface area contributed by atoms with Crippen LogP contribution in [0.2, 0.25) is 0 Å². The third-order valence-corrected chi connectivity index (χ3v) is 10.3. The third-order valence-electron chi connectivity index (χ3n) is 9.43. The van der Waals surface area contributed by atoms with Crippen molar-refractivity contribution in [2.45, 2.75) is 38.5 Å². The summed E-state index contributed by atoms with van der Waals surface area (Å²) in [5.41, 5.74) is 11.6. The lowest BCUT2D eigenvalue weighted by Crippen LogP contribution is -2.34. The number of allylic oxidation sites excluding steroid dienone is 5. The number of rotatable bonds is 1. The summed E-state index contributed by atoms with van der Waals surface area (Å²) in [4.78, 5) is 2.53. The quantitative estimate of drug-likeness (QED) is 0.141. The lowest BCUT2D eigenvalue weighted by atomic mass is 9.70. The van der Waals surface area contributed by atoms with Gasteiger partial charge >= 0.3 is 0 Å². The highest BCUT2D eigenvalue weighted by molar-refractivity contribution is 9.10. The Morgan fingerprint density at radius 3 is 1.98 bits per heavy atom. The zero-order valence-corrected chi connectivity index (χ0v) is 24.7. The van der Waals surface area contributed by atoms with Crippen LogP contribution in [-0.2, 0) is 10.8 Å². The molecule has 0 aromatic heterocycles. The number of nitrogens with zero attached hydrogens (tertiary/aromatic N) is 1. The average Bonchev–Trinajstić information content (AvgIpc) is 3.20. The molecular weight excluding hydrogens is 550 g/mol. The summed E-state index contributed by atoms with van der Waals surface area (Å²) in [6.45, 7) is 9.49. The summed E-state index contributed by atoms with van der Waals surface area (Å²) < 4.78 is 1.14. The van der Waals surface area contributed by atoms with E-state index in [-0.39, 0.29) is 10.8 Å². The van der Waals surface area contributed by atoms with E-state index in [0.717, 1.165) is 4.47 Å². The van der Waals surface area contributed by atoms with Gasteiger partial charge in [0.1, 0.15) is 12.2 Å². The highest BCUT2D eigenvalue weighted by Gasteiger charge is 2.46. The van der Waals surface area contributed by atoms with E-state index in [9.17, 15) is 0 Å². The van der Waals surface area contributed by atoms with E-state index in [2.05, 4.69) is 158 Å². The van der Waals surface area contributed by atoms with E-state index in [0.29, 0.717) is 0 Å². The molecule has 5 aromatic rings. The van der Waals surface area contributed by atoms with Gasteiger partial charge in [-0.2, -0.15) is 0 Å². The molecule has 1 aliphatic heterocycles. The number of anilines is 2. The zero-order chi connectivity index (χ0) is 27.4. The van der Waals surface area contributed by atoms with Crippen molar-refractivity contribution in [3.05, 3.63) is 142 Å². The van der Waals surface area contributed by atoms with Crippen molar-refractivity contribution in [1.29, 1.82) is 0 Å². The Morgan fingerprint density at radius 2 is 1.27 bits per heavy atom. The fourth-order valence-electron chi connectivity index (χ4n) is 7.37. The minimum absolute atomic E-state index is 0.0797. The SMILES string of the molecule is CC1(C)C2=C(C=[C+]C=C2)N(c2c3ccccc3c(Br)c3ccccc23)c2cc3c(cc21)-c1ccccc1C3(C)C. The molecule has 0 radical (unpaired) electrons. The third kappa shape index (κ3) is 2.96. The molecule has 2 heteroatoms. The molecule has 0 fully saturated rings. The Hall–Kier alpha value is -3.97. The Morgan fingerprint density at radius 1 is 0.650 bits per heavy atom. The first kappa shape index (κ1) is 23.9. The highest BCUT2D eigenvalue weighted by atomic mass is 79.9. The highest BCUT2D eigenvalue weighted by Crippen LogP contribution is 2.57. The molecule has 1 nitrogen and oxygen atoms in total. The topological polar surface area (TPSA) is 3.24 Å². The number of hydrogen-bond acceptors (Lipinski definition) is 1. The van der Waals surface area contributed by atoms with Crippen LogP contribution in [0.4, 0.5) is 11.4 Å². The Bertz CT molecular complexity index is 1960. The van der Waals surface area contributed by atoms with Crippen LogP contribution >= 0.6 is 15.9 Å². The summed E-state index contributed by atoms with van der Waals surface area (Å²) in [5.74, 6) is 0. The number of hydrogen-bond donors (Lipinski definition) is 0. The lowest BCUT2D eigenvalue weighted by Gasteiger charge is -2.40. The maximum atomic E-state index is 3.97. The van der Waals surface area contributed by atoms with Gasteiger partial charge in [0, 0.05) is 32.2 Å².